The number of rotatable bonds is 4. The van der Waals surface area contributed by atoms with Crippen LogP contribution in [0.15, 0.2) is 58.3 Å². The molecule has 2 aromatic carbocycles. The minimum absolute atomic E-state index is 0.678. The lowest BCUT2D eigenvalue weighted by molar-refractivity contribution is 0.414. The van der Waals surface area contributed by atoms with E-state index in [2.05, 4.69) is 0 Å². The number of ether oxygens (including phenoxy) is 2. The zero-order valence-corrected chi connectivity index (χ0v) is 11.2. The fourth-order valence-corrected chi connectivity index (χ4v) is 2.65. The molecule has 4 heteroatoms. The average Bonchev–Trinajstić information content (AvgIpc) is 2.47. The van der Waals surface area contributed by atoms with Crippen molar-refractivity contribution in [1.82, 2.24) is 0 Å². The average molecular weight is 261 g/mol. The van der Waals surface area contributed by atoms with Gasteiger partial charge in [0.2, 0.25) is 0 Å². The Labute approximate surface area is 109 Å². The standard InChI is InChI=1S/C14H15NO2S/c1-16-11-3-7-13(8-4-11)18(15)14-9-5-12(17-2)6-10-14/h3-10,15H,1-2H3. The zero-order valence-electron chi connectivity index (χ0n) is 10.3. The maximum absolute atomic E-state index is 8.26. The molecule has 2 rings (SSSR count). The summed E-state index contributed by atoms with van der Waals surface area (Å²) in [4.78, 5) is 1.95. The molecule has 0 aromatic heterocycles. The summed E-state index contributed by atoms with van der Waals surface area (Å²) >= 11 is 0. The van der Waals surface area contributed by atoms with Crippen LogP contribution in [0.3, 0.4) is 0 Å². The second-order valence-corrected chi connectivity index (χ2v) is 5.21. The Morgan fingerprint density at radius 3 is 1.33 bits per heavy atom. The third kappa shape index (κ3) is 2.71. The van der Waals surface area contributed by atoms with Crippen LogP contribution in [-0.4, -0.2) is 14.2 Å². The van der Waals surface area contributed by atoms with Gasteiger partial charge in [0.05, 0.1) is 14.2 Å². The molecule has 0 heterocycles. The largest absolute Gasteiger partial charge is 0.497 e. The van der Waals surface area contributed by atoms with Crippen molar-refractivity contribution in [2.45, 2.75) is 9.79 Å². The molecule has 0 aliphatic heterocycles. The lowest BCUT2D eigenvalue weighted by Gasteiger charge is -2.08. The van der Waals surface area contributed by atoms with Crippen molar-refractivity contribution in [2.75, 3.05) is 14.2 Å². The molecule has 0 saturated heterocycles. The number of hydrogen-bond donors (Lipinski definition) is 1. The van der Waals surface area contributed by atoms with Gasteiger partial charge in [-0.25, -0.2) is 0 Å². The molecule has 0 radical (unpaired) electrons. The van der Waals surface area contributed by atoms with Crippen molar-refractivity contribution < 1.29 is 9.47 Å². The van der Waals surface area contributed by atoms with Crippen molar-refractivity contribution >= 4 is 10.7 Å². The lowest BCUT2D eigenvalue weighted by atomic mass is 10.3. The first-order chi connectivity index (χ1) is 8.74. The van der Waals surface area contributed by atoms with Crippen molar-refractivity contribution in [3.05, 3.63) is 48.5 Å². The Bertz CT molecular complexity index is 485. The van der Waals surface area contributed by atoms with E-state index in [0.29, 0.717) is 0 Å². The summed E-state index contributed by atoms with van der Waals surface area (Å²) < 4.78 is 18.5. The van der Waals surface area contributed by atoms with Gasteiger partial charge in [-0.05, 0) is 59.2 Å². The van der Waals surface area contributed by atoms with E-state index >= 15 is 0 Å². The molecule has 18 heavy (non-hydrogen) atoms. The molecule has 2 aromatic rings. The summed E-state index contributed by atoms with van der Waals surface area (Å²) in [7, 11) is 2.60. The predicted octanol–water partition coefficient (Wildman–Crippen LogP) is 3.50. The van der Waals surface area contributed by atoms with E-state index in [-0.39, 0.29) is 0 Å². The van der Waals surface area contributed by atoms with Crippen LogP contribution in [-0.2, 0) is 10.7 Å². The summed E-state index contributed by atoms with van der Waals surface area (Å²) in [6.45, 7) is 0. The van der Waals surface area contributed by atoms with Crippen molar-refractivity contribution in [3.8, 4) is 11.5 Å². The topological polar surface area (TPSA) is 42.3 Å². The molecule has 0 fully saturated rings. The molecule has 0 unspecified atom stereocenters. The summed E-state index contributed by atoms with van der Waals surface area (Å²) in [6, 6.07) is 15.2. The number of hydrogen-bond acceptors (Lipinski definition) is 3. The molecular formula is C14H15NO2S. The predicted molar refractivity (Wildman–Crippen MR) is 72.6 cm³/mol. The van der Waals surface area contributed by atoms with Gasteiger partial charge in [-0.2, -0.15) is 0 Å². The molecule has 3 nitrogen and oxygen atoms in total. The molecule has 0 aliphatic carbocycles. The second kappa shape index (κ2) is 5.69. The Morgan fingerprint density at radius 1 is 0.722 bits per heavy atom. The maximum Gasteiger partial charge on any atom is 0.118 e. The summed E-state index contributed by atoms with van der Waals surface area (Å²) in [5, 5.41) is 0. The van der Waals surface area contributed by atoms with E-state index in [1.165, 1.54) is 0 Å². The van der Waals surface area contributed by atoms with Crippen LogP contribution < -0.4 is 9.47 Å². The van der Waals surface area contributed by atoms with Crippen LogP contribution in [0, 0.1) is 4.78 Å². The van der Waals surface area contributed by atoms with Gasteiger partial charge < -0.3 is 9.47 Å². The normalized spacial score (nSPS) is 10.4. The molecule has 0 bridgehead atoms. The van der Waals surface area contributed by atoms with Gasteiger partial charge in [-0.15, -0.1) is 0 Å². The highest BCUT2D eigenvalue weighted by molar-refractivity contribution is 7.86. The Morgan fingerprint density at radius 2 is 1.06 bits per heavy atom. The number of benzene rings is 2. The quantitative estimate of drug-likeness (QED) is 0.915. The number of nitrogens with one attached hydrogen (secondary N) is 1. The third-order valence-electron chi connectivity index (χ3n) is 2.59. The molecule has 0 spiro atoms. The molecule has 0 atom stereocenters. The monoisotopic (exact) mass is 261 g/mol. The van der Waals surface area contributed by atoms with Gasteiger partial charge >= 0.3 is 0 Å². The van der Waals surface area contributed by atoms with Gasteiger partial charge in [-0.3, -0.25) is 4.78 Å². The first-order valence-corrected chi connectivity index (χ1v) is 6.70. The molecule has 0 amide bonds. The zero-order chi connectivity index (χ0) is 13.0. The fourth-order valence-electron chi connectivity index (χ4n) is 1.56. The van der Waals surface area contributed by atoms with Crippen LogP contribution >= 0.6 is 0 Å². The Balaban J connectivity index is 2.23. The Hall–Kier alpha value is -1.81. The Kier molecular flexibility index (Phi) is 3.99. The van der Waals surface area contributed by atoms with E-state index in [9.17, 15) is 0 Å². The van der Waals surface area contributed by atoms with E-state index in [1.807, 2.05) is 48.5 Å². The summed E-state index contributed by atoms with van der Waals surface area (Å²) in [5.41, 5.74) is 0. The SMILES string of the molecule is COc1ccc(S(=N)c2ccc(OC)cc2)cc1. The molecule has 94 valence electrons. The van der Waals surface area contributed by atoms with Gasteiger partial charge in [0.25, 0.3) is 0 Å². The van der Waals surface area contributed by atoms with E-state index in [1.54, 1.807) is 14.2 Å². The van der Waals surface area contributed by atoms with Crippen molar-refractivity contribution in [2.24, 2.45) is 0 Å². The van der Waals surface area contributed by atoms with Gasteiger partial charge in [0, 0.05) is 9.79 Å². The highest BCUT2D eigenvalue weighted by atomic mass is 32.2. The second-order valence-electron chi connectivity index (χ2n) is 3.66. The fraction of sp³-hybridized carbons (Fsp3) is 0.143. The molecule has 0 aliphatic rings. The maximum atomic E-state index is 8.26. The van der Waals surface area contributed by atoms with Crippen LogP contribution in [0.5, 0.6) is 11.5 Å². The highest BCUT2D eigenvalue weighted by Crippen LogP contribution is 2.21. The number of methoxy groups -OCH3 is 2. The highest BCUT2D eigenvalue weighted by Gasteiger charge is 2.03. The minimum atomic E-state index is -0.678. The van der Waals surface area contributed by atoms with Crippen LogP contribution in [0.1, 0.15) is 0 Å². The van der Waals surface area contributed by atoms with Crippen molar-refractivity contribution in [1.29, 1.82) is 4.78 Å². The van der Waals surface area contributed by atoms with Crippen LogP contribution in [0.25, 0.3) is 0 Å². The first-order valence-electron chi connectivity index (χ1n) is 5.48. The summed E-state index contributed by atoms with van der Waals surface area (Å²) in [6.07, 6.45) is 0. The smallest absolute Gasteiger partial charge is 0.118 e. The molecular weight excluding hydrogens is 246 g/mol. The van der Waals surface area contributed by atoms with E-state index in [0.717, 1.165) is 21.3 Å². The molecule has 0 saturated carbocycles. The van der Waals surface area contributed by atoms with Crippen molar-refractivity contribution in [3.63, 3.8) is 0 Å². The van der Waals surface area contributed by atoms with Crippen LogP contribution in [0.2, 0.25) is 0 Å². The minimum Gasteiger partial charge on any atom is -0.497 e. The van der Waals surface area contributed by atoms with E-state index in [4.69, 9.17) is 14.3 Å². The van der Waals surface area contributed by atoms with Gasteiger partial charge in [0.15, 0.2) is 0 Å². The third-order valence-corrected chi connectivity index (χ3v) is 4.08. The van der Waals surface area contributed by atoms with Gasteiger partial charge in [0.1, 0.15) is 11.5 Å². The van der Waals surface area contributed by atoms with E-state index < -0.39 is 10.7 Å². The first kappa shape index (κ1) is 12.6. The summed E-state index contributed by atoms with van der Waals surface area (Å²) in [5.74, 6) is 1.62. The molecule has 1 N–H and O–H groups in total. The van der Waals surface area contributed by atoms with Crippen LogP contribution in [0.4, 0.5) is 0 Å². The van der Waals surface area contributed by atoms with Gasteiger partial charge in [-0.1, -0.05) is 0 Å². The lowest BCUT2D eigenvalue weighted by Crippen LogP contribution is -1.92.